The molecule has 0 saturated heterocycles. The van der Waals surface area contributed by atoms with Gasteiger partial charge in [0.05, 0.1) is 0 Å². The predicted octanol–water partition coefficient (Wildman–Crippen LogP) is 3.97. The number of benzene rings is 2. The van der Waals surface area contributed by atoms with E-state index in [9.17, 15) is 26.4 Å². The minimum Gasteiger partial charge on any atom is -0.404 e. The van der Waals surface area contributed by atoms with Crippen LogP contribution >= 0.6 is 0 Å². The fraction of sp³-hybridized carbons (Fsp3) is 0.316. The van der Waals surface area contributed by atoms with E-state index in [-0.39, 0.29) is 11.8 Å². The van der Waals surface area contributed by atoms with Crippen molar-refractivity contribution in [1.29, 1.82) is 0 Å². The second kappa shape index (κ2) is 8.03. The number of alkyl halides is 3. The topological polar surface area (TPSA) is 84.5 Å². The molecule has 1 saturated carbocycles. The molecule has 2 aromatic rings. The minimum absolute atomic E-state index is 0.0484. The molecule has 0 radical (unpaired) electrons. The number of anilines is 1. The highest BCUT2D eigenvalue weighted by atomic mass is 32.2. The summed E-state index contributed by atoms with van der Waals surface area (Å²) in [6.07, 6.45) is -3.26. The van der Waals surface area contributed by atoms with Crippen molar-refractivity contribution in [3.63, 3.8) is 0 Å². The van der Waals surface area contributed by atoms with Crippen LogP contribution in [0.15, 0.2) is 53.4 Å². The maximum Gasteiger partial charge on any atom is 0.573 e. The number of halogens is 3. The van der Waals surface area contributed by atoms with Gasteiger partial charge in [-0.05, 0) is 49.6 Å². The summed E-state index contributed by atoms with van der Waals surface area (Å²) in [6.45, 7) is 1.56. The highest BCUT2D eigenvalue weighted by Gasteiger charge is 2.34. The van der Waals surface area contributed by atoms with Crippen LogP contribution < -0.4 is 14.8 Å². The molecule has 2 N–H and O–H groups in total. The summed E-state index contributed by atoms with van der Waals surface area (Å²) in [5.74, 6) is -0.801. The largest absolute Gasteiger partial charge is 0.573 e. The van der Waals surface area contributed by atoms with E-state index in [1.54, 1.807) is 31.2 Å². The van der Waals surface area contributed by atoms with Crippen molar-refractivity contribution in [2.24, 2.45) is 5.92 Å². The van der Waals surface area contributed by atoms with Crippen LogP contribution in [0.2, 0.25) is 0 Å². The first kappa shape index (κ1) is 21.1. The molecule has 6 nitrogen and oxygen atoms in total. The summed E-state index contributed by atoms with van der Waals surface area (Å²) < 4.78 is 69.0. The molecule has 1 aliphatic rings. The van der Waals surface area contributed by atoms with E-state index in [4.69, 9.17) is 0 Å². The molecule has 1 aliphatic carbocycles. The molecule has 1 atom stereocenters. The van der Waals surface area contributed by atoms with E-state index in [0.29, 0.717) is 11.3 Å². The van der Waals surface area contributed by atoms with Crippen LogP contribution in [0, 0.1) is 5.92 Å². The molecule has 2 aromatic carbocycles. The Morgan fingerprint density at radius 1 is 1.10 bits per heavy atom. The number of hydrogen-bond acceptors (Lipinski definition) is 4. The lowest BCUT2D eigenvalue weighted by Crippen LogP contribution is -2.28. The summed E-state index contributed by atoms with van der Waals surface area (Å²) in [6, 6.07) is 10.3. The summed E-state index contributed by atoms with van der Waals surface area (Å²) in [4.78, 5) is 11.2. The zero-order valence-corrected chi connectivity index (χ0v) is 16.2. The van der Waals surface area contributed by atoms with Gasteiger partial charge in [0.15, 0.2) is 0 Å². The Morgan fingerprint density at radius 2 is 1.72 bits per heavy atom. The number of hydrogen-bond donors (Lipinski definition) is 2. The monoisotopic (exact) mass is 428 g/mol. The highest BCUT2D eigenvalue weighted by molar-refractivity contribution is 7.89. The maximum absolute atomic E-state index is 12.6. The van der Waals surface area contributed by atoms with Gasteiger partial charge in [-0.15, -0.1) is 13.2 Å². The van der Waals surface area contributed by atoms with E-state index in [0.717, 1.165) is 25.0 Å². The lowest BCUT2D eigenvalue weighted by atomic mass is 10.1. The normalized spacial score (nSPS) is 15.6. The Labute approximate surface area is 166 Å². The smallest absolute Gasteiger partial charge is 0.404 e. The Bertz CT molecular complexity index is 987. The van der Waals surface area contributed by atoms with E-state index in [2.05, 4.69) is 14.8 Å². The van der Waals surface area contributed by atoms with Crippen molar-refractivity contribution in [2.75, 3.05) is 5.32 Å². The number of carbonyl (C=O) groups excluding carboxylic acids is 1. The van der Waals surface area contributed by atoms with Crippen molar-refractivity contribution < 1.29 is 31.1 Å². The standard InChI is InChI=1S/C19H19F3N2O4S/c1-12(13-8-10-15(11-9-13)23-18(25)14-6-7-14)24-29(26,27)17-5-3-2-4-16(17)28-19(20,21)22/h2-5,8-12,14,24H,6-7H2,1H3,(H,23,25)/t12-/m1/s1. The molecule has 156 valence electrons. The Kier molecular flexibility index (Phi) is 5.85. The molecule has 29 heavy (non-hydrogen) atoms. The second-order valence-electron chi connectivity index (χ2n) is 6.72. The van der Waals surface area contributed by atoms with Gasteiger partial charge in [0.25, 0.3) is 0 Å². The quantitative estimate of drug-likeness (QED) is 0.699. The molecular weight excluding hydrogens is 409 g/mol. The fourth-order valence-corrected chi connectivity index (χ4v) is 4.05. The van der Waals surface area contributed by atoms with Crippen LogP contribution in [-0.4, -0.2) is 20.7 Å². The number of rotatable bonds is 7. The molecule has 1 amide bonds. The van der Waals surface area contributed by atoms with Crippen LogP contribution in [0.1, 0.15) is 31.4 Å². The van der Waals surface area contributed by atoms with Crippen molar-refractivity contribution in [3.8, 4) is 5.75 Å². The average molecular weight is 428 g/mol. The number of carbonyl (C=O) groups is 1. The first-order valence-corrected chi connectivity index (χ1v) is 10.3. The summed E-state index contributed by atoms with van der Waals surface area (Å²) in [5.41, 5.74) is 1.16. The van der Waals surface area contributed by atoms with E-state index < -0.39 is 33.1 Å². The van der Waals surface area contributed by atoms with Crippen molar-refractivity contribution in [3.05, 3.63) is 54.1 Å². The number of para-hydroxylation sites is 1. The highest BCUT2D eigenvalue weighted by Crippen LogP contribution is 2.31. The van der Waals surface area contributed by atoms with Gasteiger partial charge >= 0.3 is 6.36 Å². The predicted molar refractivity (Wildman–Crippen MR) is 99.7 cm³/mol. The molecule has 0 spiro atoms. The van der Waals surface area contributed by atoms with E-state index in [1.165, 1.54) is 12.1 Å². The summed E-state index contributed by atoms with van der Waals surface area (Å²) in [7, 11) is -4.29. The first-order chi connectivity index (χ1) is 13.5. The second-order valence-corrected chi connectivity index (χ2v) is 8.41. The number of amides is 1. The molecule has 0 unspecified atom stereocenters. The molecule has 0 heterocycles. The molecule has 1 fully saturated rings. The average Bonchev–Trinajstić information content (AvgIpc) is 3.46. The minimum atomic E-state index is -5.02. The van der Waals surface area contributed by atoms with Crippen LogP contribution in [-0.2, 0) is 14.8 Å². The van der Waals surface area contributed by atoms with E-state index in [1.807, 2.05) is 0 Å². The molecule has 0 aliphatic heterocycles. The SMILES string of the molecule is C[C@@H](NS(=O)(=O)c1ccccc1OC(F)(F)F)c1ccc(NC(=O)C2CC2)cc1. The van der Waals surface area contributed by atoms with Crippen LogP contribution in [0.25, 0.3) is 0 Å². The Hall–Kier alpha value is -2.59. The van der Waals surface area contributed by atoms with Gasteiger partial charge in [0, 0.05) is 17.6 Å². The number of nitrogens with one attached hydrogen (secondary N) is 2. The number of sulfonamides is 1. The van der Waals surface area contributed by atoms with Gasteiger partial charge < -0.3 is 10.1 Å². The van der Waals surface area contributed by atoms with Crippen molar-refractivity contribution in [1.82, 2.24) is 4.72 Å². The van der Waals surface area contributed by atoms with Crippen LogP contribution in [0.3, 0.4) is 0 Å². The van der Waals surface area contributed by atoms with Gasteiger partial charge in [-0.2, -0.15) is 0 Å². The van der Waals surface area contributed by atoms with Gasteiger partial charge in [-0.3, -0.25) is 4.79 Å². The van der Waals surface area contributed by atoms with Gasteiger partial charge in [-0.25, -0.2) is 13.1 Å². The maximum atomic E-state index is 12.6. The Balaban J connectivity index is 1.72. The van der Waals surface area contributed by atoms with Crippen LogP contribution in [0.5, 0.6) is 5.75 Å². The van der Waals surface area contributed by atoms with Gasteiger partial charge in [0.2, 0.25) is 15.9 Å². The molecule has 10 heteroatoms. The molecule has 0 aromatic heterocycles. The van der Waals surface area contributed by atoms with Gasteiger partial charge in [-0.1, -0.05) is 24.3 Å². The fourth-order valence-electron chi connectivity index (χ4n) is 2.69. The third kappa shape index (κ3) is 5.70. The summed E-state index contributed by atoms with van der Waals surface area (Å²) in [5, 5.41) is 2.77. The summed E-state index contributed by atoms with van der Waals surface area (Å²) >= 11 is 0. The molecule has 0 bridgehead atoms. The van der Waals surface area contributed by atoms with Crippen molar-refractivity contribution in [2.45, 2.75) is 37.1 Å². The van der Waals surface area contributed by atoms with E-state index >= 15 is 0 Å². The third-order valence-corrected chi connectivity index (χ3v) is 5.90. The zero-order valence-electron chi connectivity index (χ0n) is 15.4. The lowest BCUT2D eigenvalue weighted by molar-refractivity contribution is -0.275. The van der Waals surface area contributed by atoms with Gasteiger partial charge in [0.1, 0.15) is 10.6 Å². The molecular formula is C19H19F3N2O4S. The third-order valence-electron chi connectivity index (χ3n) is 4.32. The number of ether oxygens (including phenoxy) is 1. The van der Waals surface area contributed by atoms with Crippen LogP contribution in [0.4, 0.5) is 18.9 Å². The lowest BCUT2D eigenvalue weighted by Gasteiger charge is -2.18. The zero-order chi connectivity index (χ0) is 21.2. The Morgan fingerprint density at radius 3 is 2.31 bits per heavy atom. The molecule has 3 rings (SSSR count). The first-order valence-electron chi connectivity index (χ1n) is 8.83. The van der Waals surface area contributed by atoms with Crippen molar-refractivity contribution >= 4 is 21.6 Å².